The third-order valence-electron chi connectivity index (χ3n) is 10.4. The summed E-state index contributed by atoms with van der Waals surface area (Å²) in [5, 5.41) is 0. The minimum Gasteiger partial charge on any atom is -0.426 e. The van der Waals surface area contributed by atoms with E-state index >= 15 is 0 Å². The quantitative estimate of drug-likeness (QED) is 0.165. The second kappa shape index (κ2) is 9.99. The Bertz CT molecular complexity index is 1850. The first kappa shape index (κ1) is 27.5. The van der Waals surface area contributed by atoms with Crippen molar-refractivity contribution in [3.8, 4) is 5.75 Å². The van der Waals surface area contributed by atoms with Gasteiger partial charge < -0.3 is 9.64 Å². The molecule has 0 unspecified atom stereocenters. The highest BCUT2D eigenvalue weighted by Crippen LogP contribution is 2.61. The van der Waals surface area contributed by atoms with Crippen molar-refractivity contribution < 1.29 is 23.9 Å². The highest BCUT2D eigenvalue weighted by Gasteiger charge is 2.61. The number of rotatable bonds is 4. The lowest BCUT2D eigenvalue weighted by Gasteiger charge is -2.45. The van der Waals surface area contributed by atoms with Crippen LogP contribution in [-0.4, -0.2) is 30.2 Å². The van der Waals surface area contributed by atoms with Gasteiger partial charge in [-0.15, -0.1) is 0 Å². The number of carbonyl (C=O) groups excluding carboxylic acids is 4. The fourth-order valence-electron chi connectivity index (χ4n) is 8.18. The molecule has 2 bridgehead atoms. The molecular weight excluding hydrogens is 564 g/mol. The number of esters is 1. The zero-order chi connectivity index (χ0) is 31.1. The summed E-state index contributed by atoms with van der Waals surface area (Å²) in [5.74, 6) is -2.53. The summed E-state index contributed by atoms with van der Waals surface area (Å²) in [4.78, 5) is 57.4. The Balaban J connectivity index is 1.04. The first-order valence-electron chi connectivity index (χ1n) is 15.5. The first-order chi connectivity index (χ1) is 21.7. The number of carbonyl (C=O) groups is 4. The largest absolute Gasteiger partial charge is 0.426 e. The van der Waals surface area contributed by atoms with Crippen molar-refractivity contribution in [2.75, 3.05) is 16.3 Å². The molecule has 224 valence electrons. The Morgan fingerprint density at radius 1 is 0.689 bits per heavy atom. The Labute approximate surface area is 261 Å². The third-order valence-corrected chi connectivity index (χ3v) is 10.4. The van der Waals surface area contributed by atoms with E-state index in [-0.39, 0.29) is 42.5 Å². The summed E-state index contributed by atoms with van der Waals surface area (Å²) < 4.78 is 5.75. The smallest absolute Gasteiger partial charge is 0.316 e. The van der Waals surface area contributed by atoms with Crippen molar-refractivity contribution in [2.45, 2.75) is 39.0 Å². The van der Waals surface area contributed by atoms with Crippen LogP contribution in [0, 0.1) is 38.5 Å². The number of amides is 3. The van der Waals surface area contributed by atoms with Gasteiger partial charge in [0.15, 0.2) is 0 Å². The zero-order valence-electron chi connectivity index (χ0n) is 25.3. The summed E-state index contributed by atoms with van der Waals surface area (Å²) in [7, 11) is 0. The summed E-state index contributed by atoms with van der Waals surface area (Å²) in [6.45, 7) is 6.04. The standard InChI is InChI=1S/C38H32N2O5/c1-20-9-8-14-30(22(20)3)39-19-23(18-31(39)41)38(44)45-24-15-16-29(21(2)17-24)40-36(42)34-32-25-10-4-5-11-26(25)33(35(34)37(40)43)28-13-7-6-12-27(28)32/h4-17,23,32-35H,18-19H2,1-3H3/t23-,32?,33?,34-,35+/m1/s1. The van der Waals surface area contributed by atoms with Crippen molar-refractivity contribution in [1.82, 2.24) is 0 Å². The van der Waals surface area contributed by atoms with Gasteiger partial charge in [-0.3, -0.25) is 19.2 Å². The van der Waals surface area contributed by atoms with Crippen molar-refractivity contribution in [1.29, 1.82) is 0 Å². The monoisotopic (exact) mass is 596 g/mol. The summed E-state index contributed by atoms with van der Waals surface area (Å²) >= 11 is 0. The molecule has 2 aliphatic heterocycles. The number of aryl methyl sites for hydroxylation is 2. The number of nitrogens with zero attached hydrogens (tertiary/aromatic N) is 2. The van der Waals surface area contributed by atoms with Crippen molar-refractivity contribution in [3.63, 3.8) is 0 Å². The molecule has 2 saturated heterocycles. The summed E-state index contributed by atoms with van der Waals surface area (Å²) in [5.41, 5.74) is 8.59. The molecule has 0 saturated carbocycles. The maximum Gasteiger partial charge on any atom is 0.316 e. The molecule has 0 radical (unpaired) electrons. The van der Waals surface area contributed by atoms with E-state index in [0.29, 0.717) is 17.0 Å². The van der Waals surface area contributed by atoms with Crippen LogP contribution in [0.1, 0.15) is 57.2 Å². The molecule has 5 aliphatic rings. The highest BCUT2D eigenvalue weighted by molar-refractivity contribution is 6.23. The van der Waals surface area contributed by atoms with Crippen molar-refractivity contribution in [2.24, 2.45) is 17.8 Å². The van der Waals surface area contributed by atoms with Crippen molar-refractivity contribution in [3.05, 3.63) is 124 Å². The van der Waals surface area contributed by atoms with E-state index in [2.05, 4.69) is 24.3 Å². The molecule has 7 nitrogen and oxygen atoms in total. The van der Waals surface area contributed by atoms with E-state index in [1.54, 1.807) is 23.1 Å². The van der Waals surface area contributed by atoms with Gasteiger partial charge in [-0.05, 0) is 84.0 Å². The Hall–Kier alpha value is -5.04. The van der Waals surface area contributed by atoms with Gasteiger partial charge in [0, 0.05) is 30.5 Å². The molecule has 45 heavy (non-hydrogen) atoms. The van der Waals surface area contributed by atoms with E-state index in [9.17, 15) is 19.2 Å². The van der Waals surface area contributed by atoms with Gasteiger partial charge in [-0.1, -0.05) is 60.7 Å². The fraction of sp³-hybridized carbons (Fsp3) is 0.263. The van der Waals surface area contributed by atoms with Crippen LogP contribution < -0.4 is 14.5 Å². The minimum absolute atomic E-state index is 0.0793. The maximum absolute atomic E-state index is 14.2. The average Bonchev–Trinajstić information content (AvgIpc) is 3.55. The Morgan fingerprint density at radius 2 is 1.27 bits per heavy atom. The van der Waals surface area contributed by atoms with Crippen molar-refractivity contribution >= 4 is 35.1 Å². The maximum atomic E-state index is 14.2. The molecule has 3 aliphatic carbocycles. The average molecular weight is 597 g/mol. The number of hydrogen-bond donors (Lipinski definition) is 0. The van der Waals surface area contributed by atoms with Crippen LogP contribution in [0.3, 0.4) is 0 Å². The van der Waals surface area contributed by atoms with E-state index in [4.69, 9.17) is 4.74 Å². The summed E-state index contributed by atoms with van der Waals surface area (Å²) in [6.07, 6.45) is 0.0793. The Morgan fingerprint density at radius 3 is 1.82 bits per heavy atom. The first-order valence-corrected chi connectivity index (χ1v) is 15.5. The lowest BCUT2D eigenvalue weighted by atomic mass is 9.55. The van der Waals surface area contributed by atoms with Crippen LogP contribution >= 0.6 is 0 Å². The van der Waals surface area contributed by atoms with Gasteiger partial charge in [-0.25, -0.2) is 4.90 Å². The Kier molecular flexibility index (Phi) is 6.11. The molecule has 3 atom stereocenters. The topological polar surface area (TPSA) is 84.0 Å². The van der Waals surface area contributed by atoms with Gasteiger partial charge >= 0.3 is 5.97 Å². The normalized spacial score (nSPS) is 24.5. The molecule has 9 rings (SSSR count). The molecule has 7 heteroatoms. The SMILES string of the molecule is Cc1cc(OC(=O)[C@@H]2CC(=O)N(c3cccc(C)c3C)C2)ccc1N1C(=O)[C@@H]2C3c4ccccc4C(c4ccccc43)[C@@H]2C1=O. The number of imide groups is 1. The molecule has 0 aromatic heterocycles. The number of ether oxygens (including phenoxy) is 1. The molecule has 3 amide bonds. The van der Waals surface area contributed by atoms with Crippen LogP contribution in [-0.2, 0) is 19.2 Å². The minimum atomic E-state index is -0.596. The van der Waals surface area contributed by atoms with Crippen LogP contribution in [0.4, 0.5) is 11.4 Å². The van der Waals surface area contributed by atoms with Crippen LogP contribution in [0.5, 0.6) is 5.75 Å². The predicted octanol–water partition coefficient (Wildman–Crippen LogP) is 5.97. The van der Waals surface area contributed by atoms with Gasteiger partial charge in [0.05, 0.1) is 23.4 Å². The lowest BCUT2D eigenvalue weighted by Crippen LogP contribution is -2.41. The van der Waals surface area contributed by atoms with Crippen LogP contribution in [0.2, 0.25) is 0 Å². The molecule has 0 N–H and O–H groups in total. The molecule has 4 aromatic rings. The zero-order valence-corrected chi connectivity index (χ0v) is 25.3. The number of benzene rings is 4. The van der Waals surface area contributed by atoms with Crippen LogP contribution in [0.15, 0.2) is 84.9 Å². The van der Waals surface area contributed by atoms with Gasteiger partial charge in [-0.2, -0.15) is 0 Å². The van der Waals surface area contributed by atoms with Crippen LogP contribution in [0.25, 0.3) is 0 Å². The molecule has 2 heterocycles. The van der Waals surface area contributed by atoms with Gasteiger partial charge in [0.2, 0.25) is 17.7 Å². The number of anilines is 2. The highest BCUT2D eigenvalue weighted by atomic mass is 16.5. The van der Waals surface area contributed by atoms with E-state index < -0.39 is 23.7 Å². The van der Waals surface area contributed by atoms with Gasteiger partial charge in [0.25, 0.3) is 0 Å². The molecule has 4 aromatic carbocycles. The second-order valence-corrected chi connectivity index (χ2v) is 12.8. The molecular formula is C38H32N2O5. The van der Waals surface area contributed by atoms with E-state index in [0.717, 1.165) is 39.1 Å². The van der Waals surface area contributed by atoms with Gasteiger partial charge in [0.1, 0.15) is 5.75 Å². The third kappa shape index (κ3) is 3.96. The number of hydrogen-bond acceptors (Lipinski definition) is 5. The van der Waals surface area contributed by atoms with E-state index in [1.807, 2.05) is 63.2 Å². The van der Waals surface area contributed by atoms with E-state index in [1.165, 1.54) is 4.90 Å². The fourth-order valence-corrected chi connectivity index (χ4v) is 8.18. The molecule has 0 spiro atoms. The lowest BCUT2D eigenvalue weighted by molar-refractivity contribution is -0.139. The summed E-state index contributed by atoms with van der Waals surface area (Å²) in [6, 6.07) is 27.2. The second-order valence-electron chi connectivity index (χ2n) is 12.8. The molecule has 2 fully saturated rings. The predicted molar refractivity (Wildman–Crippen MR) is 169 cm³/mol.